The van der Waals surface area contributed by atoms with Crippen LogP contribution in [-0.2, 0) is 0 Å². The van der Waals surface area contributed by atoms with E-state index in [2.05, 4.69) is 34.7 Å². The van der Waals surface area contributed by atoms with Gasteiger partial charge in [0.05, 0.1) is 14.2 Å². The first kappa shape index (κ1) is 19.2. The second kappa shape index (κ2) is 8.39. The van der Waals surface area contributed by atoms with E-state index < -0.39 is 5.91 Å². The zero-order chi connectivity index (χ0) is 20.1. The summed E-state index contributed by atoms with van der Waals surface area (Å²) in [5, 5.41) is 14.1. The third-order valence-electron chi connectivity index (χ3n) is 4.34. The van der Waals surface area contributed by atoms with Crippen LogP contribution in [0.5, 0.6) is 11.5 Å². The largest absolute Gasteiger partial charge is 0.496 e. The van der Waals surface area contributed by atoms with Crippen molar-refractivity contribution in [2.45, 2.75) is 13.8 Å². The monoisotopic (exact) mass is 378 g/mol. The zero-order valence-corrected chi connectivity index (χ0v) is 16.2. The van der Waals surface area contributed by atoms with Crippen molar-refractivity contribution in [2.75, 3.05) is 24.9 Å². The lowest BCUT2D eigenvalue weighted by Crippen LogP contribution is -2.16. The fourth-order valence-electron chi connectivity index (χ4n) is 2.69. The van der Waals surface area contributed by atoms with Crippen LogP contribution in [0.25, 0.3) is 0 Å². The maximum atomic E-state index is 12.7. The smallest absolute Gasteiger partial charge is 0.264 e. The van der Waals surface area contributed by atoms with Crippen molar-refractivity contribution in [3.05, 3.63) is 65.2 Å². The molecule has 2 aromatic carbocycles. The molecule has 0 aliphatic rings. The summed E-state index contributed by atoms with van der Waals surface area (Å²) in [4.78, 5) is 12.7. The Morgan fingerprint density at radius 2 is 1.50 bits per heavy atom. The molecule has 0 aliphatic heterocycles. The van der Waals surface area contributed by atoms with Gasteiger partial charge in [0.1, 0.15) is 17.1 Å². The number of aryl methyl sites for hydroxylation is 2. The third kappa shape index (κ3) is 4.20. The summed E-state index contributed by atoms with van der Waals surface area (Å²) in [7, 11) is 3.00. The van der Waals surface area contributed by atoms with E-state index in [9.17, 15) is 4.79 Å². The van der Waals surface area contributed by atoms with Crippen molar-refractivity contribution in [3.63, 3.8) is 0 Å². The highest BCUT2D eigenvalue weighted by Gasteiger charge is 2.18. The van der Waals surface area contributed by atoms with Crippen LogP contribution in [0.4, 0.5) is 17.3 Å². The number of methoxy groups -OCH3 is 2. The molecule has 0 fully saturated rings. The summed E-state index contributed by atoms with van der Waals surface area (Å²) in [6.45, 7) is 4.12. The molecule has 3 rings (SSSR count). The van der Waals surface area contributed by atoms with Gasteiger partial charge in [-0.2, -0.15) is 0 Å². The Morgan fingerprint density at radius 1 is 0.857 bits per heavy atom. The minimum Gasteiger partial charge on any atom is -0.496 e. The number of nitrogens with one attached hydrogen (secondary N) is 2. The highest BCUT2D eigenvalue weighted by atomic mass is 16.5. The number of aromatic nitrogens is 2. The number of rotatable bonds is 6. The summed E-state index contributed by atoms with van der Waals surface area (Å²) >= 11 is 0. The van der Waals surface area contributed by atoms with E-state index in [0.717, 1.165) is 5.69 Å². The molecule has 0 atom stereocenters. The van der Waals surface area contributed by atoms with Crippen LogP contribution in [0, 0.1) is 13.8 Å². The van der Waals surface area contributed by atoms with E-state index in [4.69, 9.17) is 9.47 Å². The fraction of sp³-hybridized carbons (Fsp3) is 0.190. The van der Waals surface area contributed by atoms with Gasteiger partial charge in [-0.15, -0.1) is 10.2 Å². The van der Waals surface area contributed by atoms with E-state index in [1.165, 1.54) is 25.3 Å². The van der Waals surface area contributed by atoms with Crippen LogP contribution in [-0.4, -0.2) is 30.3 Å². The number of benzene rings is 2. The molecule has 7 nitrogen and oxygen atoms in total. The summed E-state index contributed by atoms with van der Waals surface area (Å²) < 4.78 is 10.5. The molecule has 1 aromatic heterocycles. The van der Waals surface area contributed by atoms with Gasteiger partial charge < -0.3 is 20.1 Å². The third-order valence-corrected chi connectivity index (χ3v) is 4.34. The molecule has 0 spiro atoms. The van der Waals surface area contributed by atoms with Gasteiger partial charge in [-0.05, 0) is 61.4 Å². The molecule has 0 aliphatic carbocycles. The van der Waals surface area contributed by atoms with Crippen molar-refractivity contribution in [3.8, 4) is 11.5 Å². The Bertz CT molecular complexity index is 965. The molecule has 28 heavy (non-hydrogen) atoms. The average molecular weight is 378 g/mol. The Hall–Kier alpha value is -3.61. The van der Waals surface area contributed by atoms with Gasteiger partial charge in [0, 0.05) is 5.69 Å². The summed E-state index contributed by atoms with van der Waals surface area (Å²) in [5.41, 5.74) is 3.63. The molecule has 2 N–H and O–H groups in total. The van der Waals surface area contributed by atoms with Gasteiger partial charge in [0.2, 0.25) is 0 Å². The van der Waals surface area contributed by atoms with Gasteiger partial charge in [-0.1, -0.05) is 12.1 Å². The van der Waals surface area contributed by atoms with E-state index in [1.54, 1.807) is 30.3 Å². The van der Waals surface area contributed by atoms with Crippen LogP contribution in [0.2, 0.25) is 0 Å². The van der Waals surface area contributed by atoms with Crippen molar-refractivity contribution < 1.29 is 14.3 Å². The number of nitrogens with zero attached hydrogens (tertiary/aromatic N) is 2. The Kier molecular flexibility index (Phi) is 5.74. The second-order valence-corrected chi connectivity index (χ2v) is 6.22. The topological polar surface area (TPSA) is 85.4 Å². The van der Waals surface area contributed by atoms with Crippen molar-refractivity contribution >= 4 is 23.2 Å². The van der Waals surface area contributed by atoms with Crippen LogP contribution < -0.4 is 20.1 Å². The Morgan fingerprint density at radius 3 is 2.07 bits per heavy atom. The lowest BCUT2D eigenvalue weighted by atomic mass is 10.1. The van der Waals surface area contributed by atoms with Gasteiger partial charge in [0.25, 0.3) is 5.91 Å². The average Bonchev–Trinajstić information content (AvgIpc) is 2.71. The number of ether oxygens (including phenoxy) is 2. The summed E-state index contributed by atoms with van der Waals surface area (Å²) in [6, 6.07) is 14.6. The van der Waals surface area contributed by atoms with E-state index in [0.29, 0.717) is 28.7 Å². The number of hydrogen-bond acceptors (Lipinski definition) is 6. The SMILES string of the molecule is COc1cccc(OC)c1C(=O)Nc1ccc(Nc2ccc(C)c(C)c2)nn1. The number of carbonyl (C=O) groups is 1. The van der Waals surface area contributed by atoms with E-state index >= 15 is 0 Å². The minimum absolute atomic E-state index is 0.298. The number of amides is 1. The predicted molar refractivity (Wildman–Crippen MR) is 109 cm³/mol. The maximum absolute atomic E-state index is 12.7. The predicted octanol–water partition coefficient (Wildman–Crippen LogP) is 4.11. The van der Waals surface area contributed by atoms with Crippen molar-refractivity contribution in [1.29, 1.82) is 0 Å². The first-order chi connectivity index (χ1) is 13.5. The van der Waals surface area contributed by atoms with Gasteiger partial charge >= 0.3 is 0 Å². The highest BCUT2D eigenvalue weighted by molar-refractivity contribution is 6.07. The number of hydrogen-bond donors (Lipinski definition) is 2. The molecule has 0 bridgehead atoms. The molecule has 0 saturated carbocycles. The Balaban J connectivity index is 1.74. The van der Waals surface area contributed by atoms with Crippen LogP contribution in [0.1, 0.15) is 21.5 Å². The van der Waals surface area contributed by atoms with Crippen LogP contribution in [0.3, 0.4) is 0 Å². The van der Waals surface area contributed by atoms with Gasteiger partial charge in [-0.3, -0.25) is 4.79 Å². The molecule has 0 saturated heterocycles. The maximum Gasteiger partial charge on any atom is 0.264 e. The molecule has 0 radical (unpaired) electrons. The molecule has 144 valence electrons. The van der Waals surface area contributed by atoms with E-state index in [-0.39, 0.29) is 0 Å². The van der Waals surface area contributed by atoms with Crippen molar-refractivity contribution in [1.82, 2.24) is 10.2 Å². The molecule has 0 unspecified atom stereocenters. The normalized spacial score (nSPS) is 10.3. The number of carbonyl (C=O) groups excluding carboxylic acids is 1. The molecule has 1 amide bonds. The molecular formula is C21H22N4O3. The van der Waals surface area contributed by atoms with Gasteiger partial charge in [0.15, 0.2) is 11.6 Å². The molecule has 3 aromatic rings. The van der Waals surface area contributed by atoms with Crippen LogP contribution >= 0.6 is 0 Å². The highest BCUT2D eigenvalue weighted by Crippen LogP contribution is 2.29. The Labute approximate surface area is 163 Å². The van der Waals surface area contributed by atoms with Crippen molar-refractivity contribution in [2.24, 2.45) is 0 Å². The summed E-state index contributed by atoms with van der Waals surface area (Å²) in [5.74, 6) is 1.34. The fourth-order valence-corrected chi connectivity index (χ4v) is 2.69. The lowest BCUT2D eigenvalue weighted by Gasteiger charge is -2.12. The quantitative estimate of drug-likeness (QED) is 0.671. The first-order valence-corrected chi connectivity index (χ1v) is 8.72. The second-order valence-electron chi connectivity index (χ2n) is 6.22. The summed E-state index contributed by atoms with van der Waals surface area (Å²) in [6.07, 6.45) is 0. The molecular weight excluding hydrogens is 356 g/mol. The number of anilines is 3. The van der Waals surface area contributed by atoms with Gasteiger partial charge in [-0.25, -0.2) is 0 Å². The van der Waals surface area contributed by atoms with E-state index in [1.807, 2.05) is 18.2 Å². The lowest BCUT2D eigenvalue weighted by molar-refractivity contribution is 0.102. The first-order valence-electron chi connectivity index (χ1n) is 8.72. The minimum atomic E-state index is -0.390. The van der Waals surface area contributed by atoms with Crippen LogP contribution in [0.15, 0.2) is 48.5 Å². The zero-order valence-electron chi connectivity index (χ0n) is 16.2. The standard InChI is InChI=1S/C21H22N4O3/c1-13-8-9-15(12-14(13)2)22-18-10-11-19(25-24-18)23-21(26)20-16(27-3)6-5-7-17(20)28-4/h5-12H,1-4H3,(H,22,24)(H,23,25,26). The molecule has 7 heteroatoms. The molecule has 1 heterocycles.